The van der Waals surface area contributed by atoms with Gasteiger partial charge in [-0.3, -0.25) is 0 Å². The summed E-state index contributed by atoms with van der Waals surface area (Å²) in [5.74, 6) is 0.557. The maximum Gasteiger partial charge on any atom is 0.0460 e. The van der Waals surface area contributed by atoms with Crippen LogP contribution in [0.5, 0.6) is 0 Å². The van der Waals surface area contributed by atoms with Crippen molar-refractivity contribution in [2.45, 2.75) is 25.8 Å². The summed E-state index contributed by atoms with van der Waals surface area (Å²) in [6, 6.07) is 0.607. The van der Waals surface area contributed by atoms with E-state index in [0.29, 0.717) is 18.6 Å². The monoisotopic (exact) mass is 165 g/mol. The average Bonchev–Trinajstić information content (AvgIpc) is 1.88. The molecule has 0 aliphatic carbocycles. The highest BCUT2D eigenvalue weighted by atomic mass is 35.5. The van der Waals surface area contributed by atoms with E-state index < -0.39 is 0 Å². The molecule has 3 heteroatoms. The van der Waals surface area contributed by atoms with Crippen LogP contribution in [-0.2, 0) is 0 Å². The highest BCUT2D eigenvalue weighted by molar-refractivity contribution is 5.85. The normalized spacial score (nSPS) is 33.0. The zero-order chi connectivity index (χ0) is 6.69. The summed E-state index contributed by atoms with van der Waals surface area (Å²) in [5.41, 5.74) is 0. The Morgan fingerprint density at radius 3 is 2.70 bits per heavy atom. The molecule has 0 aromatic heterocycles. The molecule has 1 heterocycles. The highest BCUT2D eigenvalue weighted by Gasteiger charge is 2.16. The molecule has 0 amide bonds. The summed E-state index contributed by atoms with van der Waals surface area (Å²) >= 11 is 0. The van der Waals surface area contributed by atoms with Gasteiger partial charge in [0, 0.05) is 12.6 Å². The van der Waals surface area contributed by atoms with Crippen LogP contribution in [0.1, 0.15) is 19.8 Å². The minimum atomic E-state index is 0. The third kappa shape index (κ3) is 2.86. The Balaban J connectivity index is 0.000000810. The van der Waals surface area contributed by atoms with Crippen molar-refractivity contribution in [1.29, 1.82) is 0 Å². The minimum Gasteiger partial charge on any atom is -0.396 e. The molecule has 2 atom stereocenters. The van der Waals surface area contributed by atoms with Crippen molar-refractivity contribution in [3.63, 3.8) is 0 Å². The molecule has 1 rings (SSSR count). The van der Waals surface area contributed by atoms with Crippen LogP contribution in [0.25, 0.3) is 0 Å². The molecule has 10 heavy (non-hydrogen) atoms. The first-order valence-corrected chi connectivity index (χ1v) is 3.67. The van der Waals surface area contributed by atoms with E-state index in [4.69, 9.17) is 5.11 Å². The number of rotatable bonds is 1. The minimum absolute atomic E-state index is 0. The van der Waals surface area contributed by atoms with Crippen LogP contribution in [0.4, 0.5) is 0 Å². The Labute approximate surface area is 68.4 Å². The third-order valence-corrected chi connectivity index (χ3v) is 1.99. The van der Waals surface area contributed by atoms with Gasteiger partial charge in [0.1, 0.15) is 0 Å². The maximum absolute atomic E-state index is 8.78. The Hall–Kier alpha value is 0.210. The Kier molecular flexibility index (Phi) is 5.04. The summed E-state index contributed by atoms with van der Waals surface area (Å²) in [7, 11) is 0. The van der Waals surface area contributed by atoms with Gasteiger partial charge in [-0.1, -0.05) is 0 Å². The van der Waals surface area contributed by atoms with Gasteiger partial charge >= 0.3 is 0 Å². The fraction of sp³-hybridized carbons (Fsp3) is 1.00. The second-order valence-corrected chi connectivity index (χ2v) is 2.93. The van der Waals surface area contributed by atoms with Gasteiger partial charge in [0.15, 0.2) is 0 Å². The predicted molar refractivity (Wildman–Crippen MR) is 44.5 cm³/mol. The second kappa shape index (κ2) is 4.94. The number of hydrogen-bond donors (Lipinski definition) is 2. The first-order chi connectivity index (χ1) is 4.33. The summed E-state index contributed by atoms with van der Waals surface area (Å²) in [6.45, 7) is 3.61. The molecule has 1 saturated heterocycles. The van der Waals surface area contributed by atoms with E-state index in [-0.39, 0.29) is 12.4 Å². The van der Waals surface area contributed by atoms with Crippen molar-refractivity contribution in [3.05, 3.63) is 0 Å². The average molecular weight is 166 g/mol. The largest absolute Gasteiger partial charge is 0.396 e. The fourth-order valence-corrected chi connectivity index (χ4v) is 1.40. The Morgan fingerprint density at radius 1 is 1.60 bits per heavy atom. The Morgan fingerprint density at radius 2 is 2.30 bits per heavy atom. The van der Waals surface area contributed by atoms with E-state index in [1.807, 2.05) is 0 Å². The van der Waals surface area contributed by atoms with Crippen molar-refractivity contribution in [2.75, 3.05) is 13.2 Å². The van der Waals surface area contributed by atoms with Crippen LogP contribution in [0.15, 0.2) is 0 Å². The molecule has 0 aromatic carbocycles. The lowest BCUT2D eigenvalue weighted by atomic mass is 9.94. The lowest BCUT2D eigenvalue weighted by Crippen LogP contribution is -2.36. The van der Waals surface area contributed by atoms with E-state index in [1.54, 1.807) is 0 Å². The summed E-state index contributed by atoms with van der Waals surface area (Å²) < 4.78 is 0. The number of hydrogen-bond acceptors (Lipinski definition) is 2. The highest BCUT2D eigenvalue weighted by Crippen LogP contribution is 2.14. The van der Waals surface area contributed by atoms with Crippen molar-refractivity contribution < 1.29 is 5.11 Å². The lowest BCUT2D eigenvalue weighted by molar-refractivity contribution is 0.180. The number of piperidine rings is 1. The standard InChI is InChI=1S/C7H15NO.ClH/c1-6-4-7(5-9)2-3-8-6;/h6-9H,2-5H2,1H3;1H/t6-,7-;/m1./s1. The van der Waals surface area contributed by atoms with Gasteiger partial charge in [0.25, 0.3) is 0 Å². The summed E-state index contributed by atoms with van der Waals surface area (Å²) in [4.78, 5) is 0. The smallest absolute Gasteiger partial charge is 0.0460 e. The lowest BCUT2D eigenvalue weighted by Gasteiger charge is -2.26. The van der Waals surface area contributed by atoms with Gasteiger partial charge in [0.2, 0.25) is 0 Å². The van der Waals surface area contributed by atoms with Crippen LogP contribution >= 0.6 is 12.4 Å². The molecular weight excluding hydrogens is 150 g/mol. The van der Waals surface area contributed by atoms with Gasteiger partial charge in [-0.05, 0) is 32.2 Å². The zero-order valence-electron chi connectivity index (χ0n) is 6.34. The van der Waals surface area contributed by atoms with E-state index in [0.717, 1.165) is 19.4 Å². The van der Waals surface area contributed by atoms with E-state index >= 15 is 0 Å². The topological polar surface area (TPSA) is 32.3 Å². The van der Waals surface area contributed by atoms with Gasteiger partial charge in [-0.15, -0.1) is 12.4 Å². The van der Waals surface area contributed by atoms with E-state index in [1.165, 1.54) is 0 Å². The molecule has 0 bridgehead atoms. The van der Waals surface area contributed by atoms with Crippen molar-refractivity contribution in [1.82, 2.24) is 5.32 Å². The predicted octanol–water partition coefficient (Wildman–Crippen LogP) is 0.789. The van der Waals surface area contributed by atoms with Crippen LogP contribution in [0.3, 0.4) is 0 Å². The van der Waals surface area contributed by atoms with Gasteiger partial charge in [-0.25, -0.2) is 0 Å². The number of nitrogens with one attached hydrogen (secondary N) is 1. The SMILES string of the molecule is C[C@@H]1C[C@H](CO)CCN1.Cl. The van der Waals surface area contributed by atoms with Crippen LogP contribution in [0.2, 0.25) is 0 Å². The summed E-state index contributed by atoms with van der Waals surface area (Å²) in [6.07, 6.45) is 2.28. The third-order valence-electron chi connectivity index (χ3n) is 1.99. The maximum atomic E-state index is 8.78. The van der Waals surface area contributed by atoms with Crippen molar-refractivity contribution >= 4 is 12.4 Å². The molecule has 0 saturated carbocycles. The van der Waals surface area contributed by atoms with Crippen LogP contribution < -0.4 is 5.32 Å². The molecule has 0 unspecified atom stereocenters. The van der Waals surface area contributed by atoms with E-state index in [2.05, 4.69) is 12.2 Å². The zero-order valence-corrected chi connectivity index (χ0v) is 7.16. The Bertz CT molecular complexity index is 89.7. The summed E-state index contributed by atoms with van der Waals surface area (Å²) in [5, 5.41) is 12.1. The molecule has 0 aromatic rings. The van der Waals surface area contributed by atoms with Crippen molar-refractivity contribution in [2.24, 2.45) is 5.92 Å². The van der Waals surface area contributed by atoms with Gasteiger partial charge in [0.05, 0.1) is 0 Å². The molecule has 0 radical (unpaired) electrons. The van der Waals surface area contributed by atoms with Gasteiger partial charge in [-0.2, -0.15) is 0 Å². The number of aliphatic hydroxyl groups excluding tert-OH is 1. The molecule has 0 spiro atoms. The molecule has 62 valence electrons. The molecule has 1 aliphatic heterocycles. The molecule has 2 nitrogen and oxygen atoms in total. The molecule has 1 aliphatic rings. The molecular formula is C7H16ClNO. The van der Waals surface area contributed by atoms with E-state index in [9.17, 15) is 0 Å². The fourth-order valence-electron chi connectivity index (χ4n) is 1.40. The van der Waals surface area contributed by atoms with Crippen LogP contribution in [0, 0.1) is 5.92 Å². The van der Waals surface area contributed by atoms with Crippen LogP contribution in [-0.4, -0.2) is 24.3 Å². The quantitative estimate of drug-likeness (QED) is 0.602. The molecule has 2 N–H and O–H groups in total. The first-order valence-electron chi connectivity index (χ1n) is 3.67. The number of halogens is 1. The second-order valence-electron chi connectivity index (χ2n) is 2.93. The van der Waals surface area contributed by atoms with Crippen molar-refractivity contribution in [3.8, 4) is 0 Å². The van der Waals surface area contributed by atoms with Gasteiger partial charge < -0.3 is 10.4 Å². The number of aliphatic hydroxyl groups is 1. The molecule has 1 fully saturated rings. The first kappa shape index (κ1) is 10.2.